The summed E-state index contributed by atoms with van der Waals surface area (Å²) in [5.74, 6) is -0.661. The van der Waals surface area contributed by atoms with Crippen LogP contribution in [0.3, 0.4) is 0 Å². The largest absolute Gasteiger partial charge is 0.493 e. The minimum Gasteiger partial charge on any atom is -0.493 e. The predicted octanol–water partition coefficient (Wildman–Crippen LogP) is 3.01. The molecule has 0 bridgehead atoms. The zero-order valence-electron chi connectivity index (χ0n) is 17.5. The fourth-order valence-electron chi connectivity index (χ4n) is 2.91. The summed E-state index contributed by atoms with van der Waals surface area (Å²) in [5.41, 5.74) is 1.20. The Morgan fingerprint density at radius 3 is 2.52 bits per heavy atom. The molecule has 0 aromatic heterocycles. The molecule has 2 aromatic carbocycles. The van der Waals surface area contributed by atoms with Gasteiger partial charge in [0.2, 0.25) is 0 Å². The van der Waals surface area contributed by atoms with E-state index in [4.69, 9.17) is 9.47 Å². The molecule has 2 aromatic rings. The lowest BCUT2D eigenvalue weighted by molar-refractivity contribution is -0.384. The van der Waals surface area contributed by atoms with Gasteiger partial charge in [0.25, 0.3) is 11.6 Å². The second-order valence-corrected chi connectivity index (χ2v) is 7.56. The average molecular weight is 520 g/mol. The van der Waals surface area contributed by atoms with Gasteiger partial charge in [0.1, 0.15) is 18.8 Å². The molecule has 33 heavy (non-hydrogen) atoms. The first-order valence-corrected chi connectivity index (χ1v) is 10.2. The lowest BCUT2D eigenvalue weighted by Gasteiger charge is -2.14. The number of nitrogens with one attached hydrogen (secondary N) is 1. The van der Waals surface area contributed by atoms with Crippen LogP contribution >= 0.6 is 15.9 Å². The number of nitrogens with zero attached hydrogens (tertiary/aromatic N) is 2. The fraction of sp³-hybridized carbons (Fsp3) is 0.190. The number of esters is 1. The minimum absolute atomic E-state index is 0.0163. The average Bonchev–Trinajstić information content (AvgIpc) is 3.05. The molecule has 11 nitrogen and oxygen atoms in total. The van der Waals surface area contributed by atoms with Crippen LogP contribution in [0.4, 0.5) is 10.5 Å². The Bertz CT molecular complexity index is 1150. The van der Waals surface area contributed by atoms with E-state index in [1.807, 2.05) is 0 Å². The highest BCUT2D eigenvalue weighted by molar-refractivity contribution is 9.10. The molecule has 0 atom stereocenters. The molecular formula is C21H18BrN3O8. The molecule has 1 heterocycles. The first-order valence-electron chi connectivity index (χ1n) is 9.38. The SMILES string of the molecule is COC(=O)CN1C(=O)N/C(=C/c2cc(Br)c(OCc3ccc([N+](=O)[O-])cc3)c(OC)c2)C1=O. The van der Waals surface area contributed by atoms with E-state index < -0.39 is 29.4 Å². The van der Waals surface area contributed by atoms with Crippen LogP contribution in [-0.2, 0) is 20.9 Å². The van der Waals surface area contributed by atoms with Crippen molar-refractivity contribution < 1.29 is 33.5 Å². The van der Waals surface area contributed by atoms with Crippen molar-refractivity contribution in [3.63, 3.8) is 0 Å². The Morgan fingerprint density at radius 2 is 1.91 bits per heavy atom. The molecular weight excluding hydrogens is 502 g/mol. The highest BCUT2D eigenvalue weighted by Crippen LogP contribution is 2.38. The highest BCUT2D eigenvalue weighted by Gasteiger charge is 2.35. The van der Waals surface area contributed by atoms with Crippen molar-refractivity contribution in [2.45, 2.75) is 6.61 Å². The van der Waals surface area contributed by atoms with Crippen molar-refractivity contribution in [3.05, 3.63) is 67.8 Å². The van der Waals surface area contributed by atoms with Crippen molar-refractivity contribution in [1.29, 1.82) is 0 Å². The van der Waals surface area contributed by atoms with Gasteiger partial charge in [-0.05, 0) is 57.4 Å². The summed E-state index contributed by atoms with van der Waals surface area (Å²) in [5, 5.41) is 13.2. The van der Waals surface area contributed by atoms with E-state index in [2.05, 4.69) is 26.0 Å². The smallest absolute Gasteiger partial charge is 0.329 e. The van der Waals surface area contributed by atoms with E-state index in [9.17, 15) is 24.5 Å². The van der Waals surface area contributed by atoms with Gasteiger partial charge in [0.05, 0.1) is 23.6 Å². The molecule has 1 N–H and O–H groups in total. The molecule has 1 fully saturated rings. The number of hydrogen-bond acceptors (Lipinski definition) is 8. The number of ether oxygens (including phenoxy) is 3. The van der Waals surface area contributed by atoms with E-state index in [1.165, 1.54) is 25.3 Å². The zero-order valence-corrected chi connectivity index (χ0v) is 19.1. The van der Waals surface area contributed by atoms with Crippen LogP contribution < -0.4 is 14.8 Å². The lowest BCUT2D eigenvalue weighted by Crippen LogP contribution is -2.36. The molecule has 0 spiro atoms. The number of benzene rings is 2. The number of carbonyl (C=O) groups excluding carboxylic acids is 3. The van der Waals surface area contributed by atoms with Gasteiger partial charge in [0.15, 0.2) is 11.5 Å². The molecule has 3 amide bonds. The monoisotopic (exact) mass is 519 g/mol. The Labute approximate surface area is 196 Å². The summed E-state index contributed by atoms with van der Waals surface area (Å²) in [4.78, 5) is 46.9. The summed E-state index contributed by atoms with van der Waals surface area (Å²) in [6.07, 6.45) is 1.44. The quantitative estimate of drug-likeness (QED) is 0.184. The van der Waals surface area contributed by atoms with Gasteiger partial charge in [-0.15, -0.1) is 0 Å². The van der Waals surface area contributed by atoms with E-state index in [0.29, 0.717) is 27.1 Å². The minimum atomic E-state index is -0.731. The maximum Gasteiger partial charge on any atom is 0.329 e. The number of halogens is 1. The second kappa shape index (κ2) is 10.1. The lowest BCUT2D eigenvalue weighted by atomic mass is 10.1. The number of imide groups is 1. The maximum absolute atomic E-state index is 12.5. The van der Waals surface area contributed by atoms with Crippen molar-refractivity contribution in [2.75, 3.05) is 20.8 Å². The summed E-state index contributed by atoms with van der Waals surface area (Å²) in [6, 6.07) is 8.48. The first kappa shape index (κ1) is 23.7. The number of carbonyl (C=O) groups is 3. The molecule has 12 heteroatoms. The molecule has 1 aliphatic heterocycles. The highest BCUT2D eigenvalue weighted by atomic mass is 79.9. The predicted molar refractivity (Wildman–Crippen MR) is 118 cm³/mol. The van der Waals surface area contributed by atoms with E-state index in [1.54, 1.807) is 24.3 Å². The molecule has 1 aliphatic rings. The molecule has 1 saturated heterocycles. The Hall–Kier alpha value is -3.93. The van der Waals surface area contributed by atoms with Crippen LogP contribution in [-0.4, -0.2) is 48.5 Å². The summed E-state index contributed by atoms with van der Waals surface area (Å²) >= 11 is 3.41. The van der Waals surface area contributed by atoms with Crippen LogP contribution in [0.5, 0.6) is 11.5 Å². The second-order valence-electron chi connectivity index (χ2n) is 6.70. The summed E-state index contributed by atoms with van der Waals surface area (Å²) in [6.45, 7) is -0.370. The molecule has 0 radical (unpaired) electrons. The van der Waals surface area contributed by atoms with Gasteiger partial charge in [-0.1, -0.05) is 0 Å². The van der Waals surface area contributed by atoms with Crippen LogP contribution in [0.2, 0.25) is 0 Å². The standard InChI is InChI=1S/C21H18BrN3O8/c1-31-17-9-13(8-16-20(27)24(21(28)23-16)10-18(26)32-2)7-15(22)19(17)33-11-12-3-5-14(6-4-12)25(29)30/h3-9H,10-11H2,1-2H3,(H,23,28)/b16-8+. The van der Waals surface area contributed by atoms with Crippen LogP contribution in [0.15, 0.2) is 46.6 Å². The first-order chi connectivity index (χ1) is 15.7. The van der Waals surface area contributed by atoms with Gasteiger partial charge in [-0.3, -0.25) is 19.7 Å². The van der Waals surface area contributed by atoms with Crippen LogP contribution in [0, 0.1) is 10.1 Å². The third-order valence-corrected chi connectivity index (χ3v) is 5.16. The van der Waals surface area contributed by atoms with Crippen molar-refractivity contribution in [3.8, 4) is 11.5 Å². The number of urea groups is 1. The summed E-state index contributed by atoms with van der Waals surface area (Å²) < 4.78 is 16.2. The third-order valence-electron chi connectivity index (χ3n) is 4.57. The van der Waals surface area contributed by atoms with Crippen molar-refractivity contribution in [2.24, 2.45) is 0 Å². The number of nitro groups is 1. The number of rotatable bonds is 8. The molecule has 0 saturated carbocycles. The van der Waals surface area contributed by atoms with Crippen molar-refractivity contribution in [1.82, 2.24) is 10.2 Å². The van der Waals surface area contributed by atoms with E-state index >= 15 is 0 Å². The third kappa shape index (κ3) is 5.47. The zero-order chi connectivity index (χ0) is 24.1. The Kier molecular flexibility index (Phi) is 7.28. The van der Waals surface area contributed by atoms with Crippen molar-refractivity contribution >= 4 is 45.6 Å². The van der Waals surface area contributed by atoms with Gasteiger partial charge in [-0.25, -0.2) is 9.69 Å². The fourth-order valence-corrected chi connectivity index (χ4v) is 3.48. The number of methoxy groups -OCH3 is 2. The molecule has 0 aliphatic carbocycles. The van der Waals surface area contributed by atoms with Gasteiger partial charge >= 0.3 is 12.0 Å². The van der Waals surface area contributed by atoms with Gasteiger partial charge in [0, 0.05) is 12.1 Å². The molecule has 3 rings (SSSR count). The molecule has 172 valence electrons. The Morgan fingerprint density at radius 1 is 1.21 bits per heavy atom. The van der Waals surface area contributed by atoms with Crippen LogP contribution in [0.25, 0.3) is 6.08 Å². The number of non-ortho nitro benzene ring substituents is 1. The molecule has 0 unspecified atom stereocenters. The van der Waals surface area contributed by atoms with E-state index in [-0.39, 0.29) is 18.0 Å². The summed E-state index contributed by atoms with van der Waals surface area (Å²) in [7, 11) is 2.60. The van der Waals surface area contributed by atoms with Gasteiger partial charge < -0.3 is 19.5 Å². The van der Waals surface area contributed by atoms with Gasteiger partial charge in [-0.2, -0.15) is 0 Å². The topological polar surface area (TPSA) is 137 Å². The number of hydrogen-bond donors (Lipinski definition) is 1. The normalized spacial score (nSPS) is 14.3. The Balaban J connectivity index is 1.79. The van der Waals surface area contributed by atoms with E-state index in [0.717, 1.165) is 12.0 Å². The maximum atomic E-state index is 12.5. The van der Waals surface area contributed by atoms with Crippen LogP contribution in [0.1, 0.15) is 11.1 Å². The number of amides is 3. The number of nitro benzene ring substituents is 1.